The first-order valence-corrected chi connectivity index (χ1v) is 7.85. The fourth-order valence-electron chi connectivity index (χ4n) is 2.42. The quantitative estimate of drug-likeness (QED) is 0.485. The predicted molar refractivity (Wildman–Crippen MR) is 88.1 cm³/mol. The number of alkyl halides is 1. The van der Waals surface area contributed by atoms with E-state index in [4.69, 9.17) is 5.73 Å². The van der Waals surface area contributed by atoms with Crippen LogP contribution in [-0.2, 0) is 18.2 Å². The third kappa shape index (κ3) is 3.51. The Morgan fingerprint density at radius 2 is 1.82 bits per heavy atom. The number of hydrogen-bond donors (Lipinski definition) is 1. The van der Waals surface area contributed by atoms with E-state index >= 15 is 0 Å². The van der Waals surface area contributed by atoms with Gasteiger partial charge < -0.3 is 5.73 Å². The average molecular weight is 363 g/mol. The van der Waals surface area contributed by atoms with Crippen molar-refractivity contribution in [2.45, 2.75) is 18.2 Å². The van der Waals surface area contributed by atoms with Crippen molar-refractivity contribution < 1.29 is 9.72 Å². The van der Waals surface area contributed by atoms with E-state index in [2.05, 4.69) is 15.9 Å². The lowest BCUT2D eigenvalue weighted by Crippen LogP contribution is -2.16. The van der Waals surface area contributed by atoms with Crippen LogP contribution in [0.3, 0.4) is 0 Å². The number of carbonyl (C=O) groups is 1. The van der Waals surface area contributed by atoms with E-state index < -0.39 is 10.8 Å². The van der Waals surface area contributed by atoms with E-state index in [9.17, 15) is 14.9 Å². The van der Waals surface area contributed by atoms with Crippen LogP contribution in [0.4, 0.5) is 5.69 Å². The van der Waals surface area contributed by atoms with Gasteiger partial charge in [-0.1, -0.05) is 52.3 Å². The first kappa shape index (κ1) is 16.2. The van der Waals surface area contributed by atoms with Crippen molar-refractivity contribution in [1.82, 2.24) is 0 Å². The lowest BCUT2D eigenvalue weighted by Gasteiger charge is -2.10. The van der Waals surface area contributed by atoms with E-state index in [1.54, 1.807) is 12.1 Å². The van der Waals surface area contributed by atoms with Gasteiger partial charge in [0.2, 0.25) is 5.91 Å². The first-order valence-electron chi connectivity index (χ1n) is 6.73. The second kappa shape index (κ2) is 7.17. The molecule has 0 spiro atoms. The minimum Gasteiger partial charge on any atom is -0.366 e. The van der Waals surface area contributed by atoms with E-state index in [0.29, 0.717) is 29.3 Å². The number of nitro groups is 1. The van der Waals surface area contributed by atoms with Crippen molar-refractivity contribution in [3.05, 3.63) is 74.8 Å². The minimum atomic E-state index is -0.646. The van der Waals surface area contributed by atoms with Gasteiger partial charge in [0.25, 0.3) is 5.69 Å². The molecule has 6 heteroatoms. The van der Waals surface area contributed by atoms with Crippen molar-refractivity contribution in [2.75, 3.05) is 0 Å². The zero-order valence-electron chi connectivity index (χ0n) is 11.8. The molecule has 0 aliphatic rings. The highest BCUT2D eigenvalue weighted by atomic mass is 79.9. The maximum absolute atomic E-state index is 11.6. The Bertz CT molecular complexity index is 702. The van der Waals surface area contributed by atoms with Gasteiger partial charge in [-0.15, -0.1) is 0 Å². The predicted octanol–water partition coefficient (Wildman–Crippen LogP) is 3.37. The summed E-state index contributed by atoms with van der Waals surface area (Å²) in [6.07, 6.45) is 0.993. The molecule has 2 aromatic carbocycles. The first-order chi connectivity index (χ1) is 10.5. The van der Waals surface area contributed by atoms with Crippen LogP contribution >= 0.6 is 15.9 Å². The SMILES string of the molecule is NC(=O)c1ccc(CBr)c([N+](=O)[O-])c1CCc1ccccc1. The van der Waals surface area contributed by atoms with Crippen LogP contribution in [0.15, 0.2) is 42.5 Å². The highest BCUT2D eigenvalue weighted by molar-refractivity contribution is 9.08. The number of nitrogens with two attached hydrogens (primary N) is 1. The van der Waals surface area contributed by atoms with Crippen molar-refractivity contribution in [3.8, 4) is 0 Å². The number of amides is 1. The molecule has 2 N–H and O–H groups in total. The van der Waals surface area contributed by atoms with Gasteiger partial charge in [0.05, 0.1) is 4.92 Å². The van der Waals surface area contributed by atoms with Gasteiger partial charge >= 0.3 is 0 Å². The third-order valence-corrected chi connectivity index (χ3v) is 4.07. The molecule has 0 aliphatic carbocycles. The Balaban J connectivity index is 2.45. The maximum Gasteiger partial charge on any atom is 0.277 e. The van der Waals surface area contributed by atoms with Crippen LogP contribution in [0.5, 0.6) is 0 Å². The topological polar surface area (TPSA) is 86.2 Å². The number of carbonyl (C=O) groups excluding carboxylic acids is 1. The molecule has 0 heterocycles. The molecule has 0 bridgehead atoms. The average Bonchev–Trinajstić information content (AvgIpc) is 2.52. The molecule has 22 heavy (non-hydrogen) atoms. The number of benzene rings is 2. The van der Waals surface area contributed by atoms with Crippen molar-refractivity contribution in [1.29, 1.82) is 0 Å². The van der Waals surface area contributed by atoms with Crippen LogP contribution in [0.2, 0.25) is 0 Å². The number of hydrogen-bond acceptors (Lipinski definition) is 3. The molecule has 0 saturated heterocycles. The molecule has 5 nitrogen and oxygen atoms in total. The summed E-state index contributed by atoms with van der Waals surface area (Å²) in [4.78, 5) is 22.6. The summed E-state index contributed by atoms with van der Waals surface area (Å²) >= 11 is 3.25. The van der Waals surface area contributed by atoms with Crippen molar-refractivity contribution >= 4 is 27.5 Å². The van der Waals surface area contributed by atoms with Gasteiger partial charge in [-0.05, 0) is 24.5 Å². The Morgan fingerprint density at radius 1 is 1.14 bits per heavy atom. The van der Waals surface area contributed by atoms with Gasteiger partial charge in [-0.25, -0.2) is 0 Å². The molecule has 0 unspecified atom stereocenters. The zero-order chi connectivity index (χ0) is 16.1. The fraction of sp³-hybridized carbons (Fsp3) is 0.188. The van der Waals surface area contributed by atoms with Crippen LogP contribution < -0.4 is 5.73 Å². The van der Waals surface area contributed by atoms with E-state index in [0.717, 1.165) is 5.56 Å². The number of halogens is 1. The molecule has 1 amide bonds. The summed E-state index contributed by atoms with van der Waals surface area (Å²) in [6, 6.07) is 12.8. The van der Waals surface area contributed by atoms with Crippen molar-refractivity contribution in [2.24, 2.45) is 5.73 Å². The summed E-state index contributed by atoms with van der Waals surface area (Å²) < 4.78 is 0. The van der Waals surface area contributed by atoms with E-state index in [-0.39, 0.29) is 11.3 Å². The lowest BCUT2D eigenvalue weighted by molar-refractivity contribution is -0.386. The summed E-state index contributed by atoms with van der Waals surface area (Å²) in [6.45, 7) is 0. The summed E-state index contributed by atoms with van der Waals surface area (Å²) in [5, 5.41) is 11.8. The van der Waals surface area contributed by atoms with Gasteiger partial charge in [0.1, 0.15) is 0 Å². The number of primary amides is 1. The van der Waals surface area contributed by atoms with E-state index in [1.807, 2.05) is 30.3 Å². The fourth-order valence-corrected chi connectivity index (χ4v) is 2.87. The highest BCUT2D eigenvalue weighted by Crippen LogP contribution is 2.30. The summed E-state index contributed by atoms with van der Waals surface area (Å²) in [5.41, 5.74) is 7.56. The molecule has 0 fully saturated rings. The second-order valence-electron chi connectivity index (χ2n) is 4.84. The highest BCUT2D eigenvalue weighted by Gasteiger charge is 2.24. The molecular formula is C16H15BrN2O3. The zero-order valence-corrected chi connectivity index (χ0v) is 13.4. The Kier molecular flexibility index (Phi) is 5.27. The van der Waals surface area contributed by atoms with Crippen LogP contribution in [0.1, 0.15) is 27.0 Å². The Hall–Kier alpha value is -2.21. The van der Waals surface area contributed by atoms with Crippen LogP contribution in [0.25, 0.3) is 0 Å². The molecule has 0 atom stereocenters. The monoisotopic (exact) mass is 362 g/mol. The second-order valence-corrected chi connectivity index (χ2v) is 5.40. The molecule has 0 aromatic heterocycles. The Labute approximate surface area is 136 Å². The molecular weight excluding hydrogens is 348 g/mol. The smallest absolute Gasteiger partial charge is 0.277 e. The van der Waals surface area contributed by atoms with Crippen LogP contribution in [0, 0.1) is 10.1 Å². The lowest BCUT2D eigenvalue weighted by atomic mass is 9.95. The molecule has 2 rings (SSSR count). The third-order valence-electron chi connectivity index (χ3n) is 3.46. The molecule has 0 radical (unpaired) electrons. The van der Waals surface area contributed by atoms with Crippen molar-refractivity contribution in [3.63, 3.8) is 0 Å². The van der Waals surface area contributed by atoms with Crippen LogP contribution in [-0.4, -0.2) is 10.8 Å². The van der Waals surface area contributed by atoms with Gasteiger partial charge in [-0.2, -0.15) is 0 Å². The number of nitro benzene ring substituents is 1. The number of rotatable bonds is 6. The standard InChI is InChI=1S/C16H15BrN2O3/c17-10-12-7-9-14(16(18)20)13(15(12)19(21)22)8-6-11-4-2-1-3-5-11/h1-5,7,9H,6,8,10H2,(H2,18,20). The van der Waals surface area contributed by atoms with Gasteiger partial charge in [-0.3, -0.25) is 14.9 Å². The number of aryl methyl sites for hydroxylation is 1. The van der Waals surface area contributed by atoms with Gasteiger partial charge in [0.15, 0.2) is 0 Å². The Morgan fingerprint density at radius 3 is 2.36 bits per heavy atom. The maximum atomic E-state index is 11.6. The minimum absolute atomic E-state index is 0.0240. The number of nitrogens with zero attached hydrogens (tertiary/aromatic N) is 1. The summed E-state index contributed by atoms with van der Waals surface area (Å²) in [7, 11) is 0. The largest absolute Gasteiger partial charge is 0.366 e. The molecule has 0 aliphatic heterocycles. The summed E-state index contributed by atoms with van der Waals surface area (Å²) in [5.74, 6) is -0.646. The normalized spacial score (nSPS) is 10.4. The molecule has 2 aromatic rings. The molecule has 0 saturated carbocycles. The van der Waals surface area contributed by atoms with E-state index in [1.165, 1.54) is 0 Å². The van der Waals surface area contributed by atoms with Gasteiger partial charge in [0, 0.05) is 22.0 Å². The molecule has 114 valence electrons.